The van der Waals surface area contributed by atoms with Gasteiger partial charge in [-0.05, 0) is 43.1 Å². The van der Waals surface area contributed by atoms with Gasteiger partial charge in [0.1, 0.15) is 17.3 Å². The van der Waals surface area contributed by atoms with E-state index in [2.05, 4.69) is 16.3 Å². The maximum atomic E-state index is 13.2. The second-order valence-electron chi connectivity index (χ2n) is 7.82. The Morgan fingerprint density at radius 1 is 1.46 bits per heavy atom. The van der Waals surface area contributed by atoms with E-state index in [0.29, 0.717) is 39.0 Å². The van der Waals surface area contributed by atoms with Crippen LogP contribution < -0.4 is 10.6 Å². The Kier molecular flexibility index (Phi) is 4.28. The van der Waals surface area contributed by atoms with Crippen LogP contribution in [0.5, 0.6) is 0 Å². The summed E-state index contributed by atoms with van der Waals surface area (Å²) in [5, 5.41) is 17.4. The van der Waals surface area contributed by atoms with Crippen molar-refractivity contribution in [2.45, 2.75) is 39.5 Å². The number of nitrogens with zero attached hydrogens (tertiary/aromatic N) is 3. The van der Waals surface area contributed by atoms with Gasteiger partial charge in [0.05, 0.1) is 17.6 Å². The molecule has 144 valence electrons. The van der Waals surface area contributed by atoms with E-state index < -0.39 is 5.92 Å². The lowest BCUT2D eigenvalue weighted by Crippen LogP contribution is -2.42. The van der Waals surface area contributed by atoms with Crippen molar-refractivity contribution in [1.82, 2.24) is 10.2 Å². The molecule has 0 spiro atoms. The number of hydrogen-bond donors (Lipinski definition) is 2. The summed E-state index contributed by atoms with van der Waals surface area (Å²) in [6, 6.07) is 5.82. The highest BCUT2D eigenvalue weighted by molar-refractivity contribution is 7.73. The fourth-order valence-corrected chi connectivity index (χ4v) is 4.86. The van der Waals surface area contributed by atoms with E-state index in [4.69, 9.17) is 22.4 Å². The minimum Gasteiger partial charge on any atom is -0.465 e. The fraction of sp³-hybridized carbons (Fsp3) is 0.368. The van der Waals surface area contributed by atoms with E-state index in [1.54, 1.807) is 11.0 Å². The largest absolute Gasteiger partial charge is 0.465 e. The molecule has 0 radical (unpaired) electrons. The first-order chi connectivity index (χ1) is 13.2. The third kappa shape index (κ3) is 2.89. The van der Waals surface area contributed by atoms with Gasteiger partial charge in [0, 0.05) is 17.7 Å². The van der Waals surface area contributed by atoms with Crippen LogP contribution in [0.25, 0.3) is 0 Å². The van der Waals surface area contributed by atoms with Crippen LogP contribution >= 0.6 is 23.6 Å². The van der Waals surface area contributed by atoms with Gasteiger partial charge in [0.2, 0.25) is 5.13 Å². The molecule has 0 aromatic carbocycles. The number of aromatic nitrogens is 2. The number of furan rings is 1. The lowest BCUT2D eigenvalue weighted by molar-refractivity contribution is -0.118. The number of carbonyl (C=O) groups excluding carboxylic acids is 1. The number of anilines is 1. The quantitative estimate of drug-likeness (QED) is 0.714. The molecule has 3 N–H and O–H groups in total. The number of nitriles is 1. The van der Waals surface area contributed by atoms with Gasteiger partial charge in [-0.25, -0.2) is 0 Å². The smallest absolute Gasteiger partial charge is 0.216 e. The van der Waals surface area contributed by atoms with E-state index in [9.17, 15) is 10.1 Å². The zero-order valence-corrected chi connectivity index (χ0v) is 17.3. The van der Waals surface area contributed by atoms with Gasteiger partial charge in [0.15, 0.2) is 9.74 Å². The van der Waals surface area contributed by atoms with E-state index in [1.165, 1.54) is 11.3 Å². The van der Waals surface area contributed by atoms with Crippen LogP contribution in [-0.4, -0.2) is 16.0 Å². The van der Waals surface area contributed by atoms with Gasteiger partial charge in [0.25, 0.3) is 0 Å². The zero-order chi connectivity index (χ0) is 20.2. The number of nitrogens with one attached hydrogen (secondary N) is 1. The third-order valence-electron chi connectivity index (χ3n) is 5.04. The number of aromatic amines is 1. The van der Waals surface area contributed by atoms with E-state index in [1.807, 2.05) is 26.8 Å². The molecule has 7 nitrogen and oxygen atoms in total. The van der Waals surface area contributed by atoms with Crippen LogP contribution in [0.3, 0.4) is 0 Å². The first-order valence-corrected chi connectivity index (χ1v) is 10.0. The summed E-state index contributed by atoms with van der Waals surface area (Å²) in [6.45, 7) is 5.92. The SMILES string of the molecule is Cc1ccc(C2C(C#N)=C(N)N(c3n[nH]c(=S)s3)C3=C2C(=O)CC(C)(C)C3)o1. The highest BCUT2D eigenvalue weighted by Crippen LogP contribution is 2.50. The average Bonchev–Trinajstić information content (AvgIpc) is 3.21. The molecule has 1 aliphatic carbocycles. The summed E-state index contributed by atoms with van der Waals surface area (Å²) in [5.41, 5.74) is 7.82. The second kappa shape index (κ2) is 6.43. The minimum atomic E-state index is -0.611. The van der Waals surface area contributed by atoms with Crippen LogP contribution in [0, 0.1) is 27.6 Å². The Balaban J connectivity index is 2.01. The first kappa shape index (κ1) is 18.7. The molecule has 0 saturated carbocycles. The first-order valence-electron chi connectivity index (χ1n) is 8.80. The molecule has 1 unspecified atom stereocenters. The fourth-order valence-electron chi connectivity index (χ4n) is 3.94. The molecule has 1 aliphatic heterocycles. The van der Waals surface area contributed by atoms with E-state index in [-0.39, 0.29) is 22.6 Å². The van der Waals surface area contributed by atoms with Crippen molar-refractivity contribution in [1.29, 1.82) is 5.26 Å². The van der Waals surface area contributed by atoms with Gasteiger partial charge in [-0.2, -0.15) is 5.26 Å². The molecule has 3 heterocycles. The van der Waals surface area contributed by atoms with Gasteiger partial charge in [-0.3, -0.25) is 14.8 Å². The summed E-state index contributed by atoms with van der Waals surface area (Å²) in [5.74, 6) is 0.898. The molecular formula is C19H19N5O2S2. The number of nitrogens with two attached hydrogens (primary N) is 1. The van der Waals surface area contributed by atoms with Crippen molar-refractivity contribution in [2.75, 3.05) is 4.90 Å². The molecule has 2 aromatic heterocycles. The Morgan fingerprint density at radius 3 is 2.79 bits per heavy atom. The van der Waals surface area contributed by atoms with Crippen molar-refractivity contribution in [3.8, 4) is 6.07 Å². The summed E-state index contributed by atoms with van der Waals surface area (Å²) in [4.78, 5) is 14.9. The number of ketones is 1. The molecule has 0 bridgehead atoms. The number of aryl methyl sites for hydroxylation is 1. The van der Waals surface area contributed by atoms with Gasteiger partial charge < -0.3 is 10.2 Å². The lowest BCUT2D eigenvalue weighted by atomic mass is 9.69. The number of H-pyrrole nitrogens is 1. The van der Waals surface area contributed by atoms with Crippen LogP contribution in [0.4, 0.5) is 5.13 Å². The van der Waals surface area contributed by atoms with Crippen molar-refractivity contribution >= 4 is 34.5 Å². The van der Waals surface area contributed by atoms with E-state index in [0.717, 1.165) is 5.70 Å². The molecule has 0 fully saturated rings. The van der Waals surface area contributed by atoms with Crippen molar-refractivity contribution in [3.63, 3.8) is 0 Å². The summed E-state index contributed by atoms with van der Waals surface area (Å²) >= 11 is 6.42. The number of allylic oxidation sites excluding steroid dienone is 3. The number of hydrogen-bond acceptors (Lipinski definition) is 8. The number of carbonyl (C=O) groups is 1. The van der Waals surface area contributed by atoms with Crippen LogP contribution in [0.1, 0.15) is 44.1 Å². The van der Waals surface area contributed by atoms with Crippen molar-refractivity contribution in [2.24, 2.45) is 11.1 Å². The highest BCUT2D eigenvalue weighted by atomic mass is 32.1. The molecule has 28 heavy (non-hydrogen) atoms. The topological polar surface area (TPSA) is 112 Å². The molecule has 2 aromatic rings. The predicted octanol–water partition coefficient (Wildman–Crippen LogP) is 4.04. The lowest BCUT2D eigenvalue weighted by Gasteiger charge is -2.42. The standard InChI is InChI=1S/C19H19N5O2S2/c1-9-4-5-13(26-9)14-10(8-20)16(21)24(17-22-23-18(27)28-17)11-6-19(2,3)7-12(25)15(11)14/h4-5,14H,6-7,21H2,1-3H3,(H,23,27). The number of rotatable bonds is 2. The molecule has 0 amide bonds. The Labute approximate surface area is 171 Å². The zero-order valence-electron chi connectivity index (χ0n) is 15.7. The average molecular weight is 414 g/mol. The van der Waals surface area contributed by atoms with Crippen molar-refractivity contribution < 1.29 is 9.21 Å². The molecule has 9 heteroatoms. The van der Waals surface area contributed by atoms with Gasteiger partial charge in [-0.1, -0.05) is 25.2 Å². The molecule has 1 atom stereocenters. The molecule has 0 saturated heterocycles. The Bertz CT molecular complexity index is 1140. The number of Topliss-reactive ketones (excluding diaryl/α,β-unsaturated/α-hetero) is 1. The van der Waals surface area contributed by atoms with E-state index >= 15 is 0 Å². The maximum absolute atomic E-state index is 13.2. The highest BCUT2D eigenvalue weighted by Gasteiger charge is 2.46. The molecule has 4 rings (SSSR count). The second-order valence-corrected chi connectivity index (χ2v) is 9.47. The van der Waals surface area contributed by atoms with Crippen LogP contribution in [-0.2, 0) is 4.79 Å². The van der Waals surface area contributed by atoms with Crippen LogP contribution in [0.15, 0.2) is 39.2 Å². The summed E-state index contributed by atoms with van der Waals surface area (Å²) < 4.78 is 6.31. The maximum Gasteiger partial charge on any atom is 0.216 e. The Morgan fingerprint density at radius 2 is 2.21 bits per heavy atom. The minimum absolute atomic E-state index is 0.00492. The third-order valence-corrected chi connectivity index (χ3v) is 6.12. The molecular weight excluding hydrogens is 394 g/mol. The normalized spacial score (nSPS) is 21.7. The predicted molar refractivity (Wildman–Crippen MR) is 108 cm³/mol. The van der Waals surface area contributed by atoms with Crippen molar-refractivity contribution in [3.05, 3.63) is 50.3 Å². The molecule has 2 aliphatic rings. The summed E-state index contributed by atoms with van der Waals surface area (Å²) in [7, 11) is 0. The van der Waals surface area contributed by atoms with Gasteiger partial charge in [-0.15, -0.1) is 5.10 Å². The van der Waals surface area contributed by atoms with Gasteiger partial charge >= 0.3 is 0 Å². The summed E-state index contributed by atoms with van der Waals surface area (Å²) in [6.07, 6.45) is 1.01. The monoisotopic (exact) mass is 413 g/mol. The Hall–Kier alpha value is -2.70. The van der Waals surface area contributed by atoms with Crippen LogP contribution in [0.2, 0.25) is 0 Å².